The zero-order valence-corrected chi connectivity index (χ0v) is 15.1. The van der Waals surface area contributed by atoms with E-state index < -0.39 is 5.82 Å². The van der Waals surface area contributed by atoms with Gasteiger partial charge in [-0.1, -0.05) is 53.3 Å². The van der Waals surface area contributed by atoms with Gasteiger partial charge in [-0.25, -0.2) is 9.38 Å². The van der Waals surface area contributed by atoms with E-state index in [1.54, 1.807) is 18.7 Å². The lowest BCUT2D eigenvalue weighted by Gasteiger charge is -2.17. The molecule has 2 aromatic rings. The van der Waals surface area contributed by atoms with Crippen molar-refractivity contribution in [3.8, 4) is 0 Å². The van der Waals surface area contributed by atoms with Gasteiger partial charge in [-0.05, 0) is 36.8 Å². The summed E-state index contributed by atoms with van der Waals surface area (Å²) < 4.78 is 13.9. The molecule has 2 aromatic carbocycles. The van der Waals surface area contributed by atoms with Crippen LogP contribution in [0.15, 0.2) is 47.5 Å². The Morgan fingerprint density at radius 3 is 2.96 bits per heavy atom. The SMILES string of the molecule is CC(SC1=Nc2ccccc2CS1)C(=O)Nc1ccc(F)cc1Cl. The quantitative estimate of drug-likeness (QED) is 0.767. The molecular weight excluding hydrogens is 367 g/mol. The number of anilines is 1. The van der Waals surface area contributed by atoms with Crippen molar-refractivity contribution in [2.75, 3.05) is 5.32 Å². The number of amides is 1. The van der Waals surface area contributed by atoms with E-state index in [2.05, 4.69) is 16.4 Å². The third-order valence-electron chi connectivity index (χ3n) is 3.39. The van der Waals surface area contributed by atoms with E-state index in [9.17, 15) is 9.18 Å². The van der Waals surface area contributed by atoms with E-state index in [1.165, 1.54) is 35.5 Å². The maximum absolute atomic E-state index is 13.1. The molecule has 0 bridgehead atoms. The van der Waals surface area contributed by atoms with E-state index in [-0.39, 0.29) is 16.2 Å². The first-order chi connectivity index (χ1) is 11.5. The molecule has 0 saturated carbocycles. The van der Waals surface area contributed by atoms with E-state index >= 15 is 0 Å². The number of carbonyl (C=O) groups is 1. The molecular formula is C17H14ClFN2OS2. The molecule has 124 valence electrons. The van der Waals surface area contributed by atoms with Crippen molar-refractivity contribution >= 4 is 56.8 Å². The van der Waals surface area contributed by atoms with Gasteiger partial charge in [-0.3, -0.25) is 4.79 Å². The molecule has 0 spiro atoms. The van der Waals surface area contributed by atoms with Crippen LogP contribution in [0.5, 0.6) is 0 Å². The Hall–Kier alpha value is -1.50. The Morgan fingerprint density at radius 2 is 2.17 bits per heavy atom. The van der Waals surface area contributed by atoms with Crippen LogP contribution in [0.25, 0.3) is 0 Å². The molecule has 7 heteroatoms. The molecule has 0 aromatic heterocycles. The van der Waals surface area contributed by atoms with Crippen LogP contribution in [-0.4, -0.2) is 15.5 Å². The van der Waals surface area contributed by atoms with Crippen LogP contribution in [-0.2, 0) is 10.5 Å². The van der Waals surface area contributed by atoms with E-state index in [1.807, 2.05) is 18.2 Å². The number of hydrogen-bond donors (Lipinski definition) is 1. The molecule has 0 fully saturated rings. The summed E-state index contributed by atoms with van der Waals surface area (Å²) in [7, 11) is 0. The molecule has 0 aliphatic carbocycles. The van der Waals surface area contributed by atoms with Gasteiger partial charge in [0.1, 0.15) is 10.2 Å². The summed E-state index contributed by atoms with van der Waals surface area (Å²) in [6.07, 6.45) is 0. The highest BCUT2D eigenvalue weighted by molar-refractivity contribution is 8.39. The van der Waals surface area contributed by atoms with Crippen molar-refractivity contribution in [1.29, 1.82) is 0 Å². The number of carbonyl (C=O) groups excluding carboxylic acids is 1. The zero-order chi connectivity index (χ0) is 17.1. The Kier molecular flexibility index (Phi) is 5.48. The van der Waals surface area contributed by atoms with Crippen molar-refractivity contribution < 1.29 is 9.18 Å². The number of benzene rings is 2. The largest absolute Gasteiger partial charge is 0.324 e. The van der Waals surface area contributed by atoms with Crippen LogP contribution in [0.1, 0.15) is 12.5 Å². The number of halogens is 2. The van der Waals surface area contributed by atoms with Crippen LogP contribution in [0, 0.1) is 5.82 Å². The Labute approximate surface area is 153 Å². The molecule has 1 amide bonds. The van der Waals surface area contributed by atoms with Gasteiger partial charge in [0.05, 0.1) is 21.6 Å². The summed E-state index contributed by atoms with van der Waals surface area (Å²) in [5.74, 6) is 0.211. The third-order valence-corrected chi connectivity index (χ3v) is 6.00. The summed E-state index contributed by atoms with van der Waals surface area (Å²) in [6, 6.07) is 11.9. The average molecular weight is 381 g/mol. The third kappa shape index (κ3) is 4.12. The topological polar surface area (TPSA) is 41.5 Å². The monoisotopic (exact) mass is 380 g/mol. The number of rotatable bonds is 3. The second-order valence-electron chi connectivity index (χ2n) is 5.17. The van der Waals surface area contributed by atoms with E-state index in [0.29, 0.717) is 5.69 Å². The number of thioether (sulfide) groups is 2. The summed E-state index contributed by atoms with van der Waals surface area (Å²) in [6.45, 7) is 1.81. The molecule has 1 unspecified atom stereocenters. The number of aliphatic imine (C=N–C) groups is 1. The van der Waals surface area contributed by atoms with Gasteiger partial charge in [0.25, 0.3) is 0 Å². The van der Waals surface area contributed by atoms with Gasteiger partial charge >= 0.3 is 0 Å². The second kappa shape index (κ2) is 7.59. The number of para-hydroxylation sites is 1. The van der Waals surface area contributed by atoms with Gasteiger partial charge < -0.3 is 5.32 Å². The molecule has 1 aliphatic rings. The predicted molar refractivity (Wildman–Crippen MR) is 102 cm³/mol. The standard InChI is InChI=1S/C17H14ClFN2OS2/c1-10(16(22)20-15-7-6-12(19)8-13(15)18)24-17-21-14-5-3-2-4-11(14)9-23-17/h2-8,10H,9H2,1H3,(H,20,22). The van der Waals surface area contributed by atoms with Crippen molar-refractivity contribution in [1.82, 2.24) is 0 Å². The number of nitrogens with one attached hydrogen (secondary N) is 1. The smallest absolute Gasteiger partial charge is 0.237 e. The molecule has 0 saturated heterocycles. The summed E-state index contributed by atoms with van der Waals surface area (Å²) in [5.41, 5.74) is 2.55. The predicted octanol–water partition coefficient (Wildman–Crippen LogP) is 5.47. The minimum absolute atomic E-state index is 0.179. The molecule has 1 heterocycles. The van der Waals surface area contributed by atoms with Gasteiger partial charge in [-0.15, -0.1) is 0 Å². The Balaban J connectivity index is 1.66. The minimum Gasteiger partial charge on any atom is -0.324 e. The second-order valence-corrected chi connectivity index (χ2v) is 8.13. The molecule has 1 N–H and O–H groups in total. The lowest BCUT2D eigenvalue weighted by atomic mass is 10.2. The normalized spacial score (nSPS) is 14.5. The maximum Gasteiger partial charge on any atom is 0.237 e. The summed E-state index contributed by atoms with van der Waals surface area (Å²) in [4.78, 5) is 16.9. The maximum atomic E-state index is 13.1. The van der Waals surface area contributed by atoms with Crippen LogP contribution in [0.4, 0.5) is 15.8 Å². The first kappa shape index (κ1) is 17.3. The fourth-order valence-electron chi connectivity index (χ4n) is 2.10. The van der Waals surface area contributed by atoms with Crippen LogP contribution in [0.2, 0.25) is 5.02 Å². The average Bonchev–Trinajstić information content (AvgIpc) is 2.57. The number of fused-ring (bicyclic) bond motifs is 1. The van der Waals surface area contributed by atoms with Crippen LogP contribution < -0.4 is 5.32 Å². The first-order valence-corrected chi connectivity index (χ1v) is 9.49. The zero-order valence-electron chi connectivity index (χ0n) is 12.8. The molecule has 1 atom stereocenters. The first-order valence-electron chi connectivity index (χ1n) is 7.25. The molecule has 1 aliphatic heterocycles. The molecule has 3 rings (SSSR count). The summed E-state index contributed by atoms with van der Waals surface area (Å²) in [5, 5.41) is 2.56. The Bertz CT molecular complexity index is 813. The fraction of sp³-hybridized carbons (Fsp3) is 0.176. The van der Waals surface area contributed by atoms with E-state index in [0.717, 1.165) is 15.8 Å². The fourth-order valence-corrected chi connectivity index (χ4v) is 4.50. The van der Waals surface area contributed by atoms with Crippen molar-refractivity contribution in [3.05, 3.63) is 58.9 Å². The highest BCUT2D eigenvalue weighted by atomic mass is 35.5. The van der Waals surface area contributed by atoms with Gasteiger partial charge in [-0.2, -0.15) is 0 Å². The van der Waals surface area contributed by atoms with Crippen molar-refractivity contribution in [2.45, 2.75) is 17.9 Å². The lowest BCUT2D eigenvalue weighted by Crippen LogP contribution is -2.23. The molecule has 3 nitrogen and oxygen atoms in total. The molecule has 24 heavy (non-hydrogen) atoms. The number of hydrogen-bond acceptors (Lipinski definition) is 4. The number of nitrogens with zero attached hydrogens (tertiary/aromatic N) is 1. The van der Waals surface area contributed by atoms with E-state index in [4.69, 9.17) is 11.6 Å². The van der Waals surface area contributed by atoms with Crippen molar-refractivity contribution in [2.24, 2.45) is 4.99 Å². The van der Waals surface area contributed by atoms with Crippen molar-refractivity contribution in [3.63, 3.8) is 0 Å². The highest BCUT2D eigenvalue weighted by Gasteiger charge is 2.20. The highest BCUT2D eigenvalue weighted by Crippen LogP contribution is 2.36. The van der Waals surface area contributed by atoms with Crippen LogP contribution in [0.3, 0.4) is 0 Å². The lowest BCUT2D eigenvalue weighted by molar-refractivity contribution is -0.115. The Morgan fingerprint density at radius 1 is 1.38 bits per heavy atom. The minimum atomic E-state index is -0.438. The van der Waals surface area contributed by atoms with Crippen LogP contribution >= 0.6 is 35.1 Å². The van der Waals surface area contributed by atoms with Gasteiger partial charge in [0, 0.05) is 5.75 Å². The molecule has 0 radical (unpaired) electrons. The summed E-state index contributed by atoms with van der Waals surface area (Å²) >= 11 is 8.96. The van der Waals surface area contributed by atoms with Gasteiger partial charge in [0.15, 0.2) is 0 Å². The van der Waals surface area contributed by atoms with Gasteiger partial charge in [0.2, 0.25) is 5.91 Å².